The van der Waals surface area contributed by atoms with Gasteiger partial charge >= 0.3 is 0 Å². The summed E-state index contributed by atoms with van der Waals surface area (Å²) in [7, 11) is 0. The quantitative estimate of drug-likeness (QED) is 0.707. The minimum atomic E-state index is -0.795. The lowest BCUT2D eigenvalue weighted by molar-refractivity contribution is 0.0628. The molecule has 0 bridgehead atoms. The number of rotatable bonds is 7. The second-order valence-corrected chi connectivity index (χ2v) is 5.41. The van der Waals surface area contributed by atoms with Gasteiger partial charge in [0.15, 0.2) is 0 Å². The maximum atomic E-state index is 10.0. The Balaban J connectivity index is 1.55. The number of hydrogen-bond acceptors (Lipinski definition) is 6. The maximum Gasteiger partial charge on any atom is 0.251 e. The van der Waals surface area contributed by atoms with Crippen LogP contribution in [0.3, 0.4) is 0 Å². The predicted octanol–water partition coefficient (Wildman–Crippen LogP) is 3.21. The van der Waals surface area contributed by atoms with Crippen molar-refractivity contribution in [2.45, 2.75) is 6.10 Å². The van der Waals surface area contributed by atoms with Crippen LogP contribution in [0.15, 0.2) is 59.3 Å². The fraction of sp³-hybridized carbons (Fsp3) is 0.176. The highest BCUT2D eigenvalue weighted by Gasteiger charge is 2.13. The van der Waals surface area contributed by atoms with Gasteiger partial charge in [-0.1, -0.05) is 23.7 Å². The van der Waals surface area contributed by atoms with E-state index in [1.165, 1.54) is 6.39 Å². The highest BCUT2D eigenvalue weighted by atomic mass is 35.5. The minimum Gasteiger partial charge on any atom is -0.491 e. The van der Waals surface area contributed by atoms with Crippen LogP contribution in [0.4, 0.5) is 0 Å². The van der Waals surface area contributed by atoms with Crippen LogP contribution in [0.2, 0.25) is 5.02 Å². The molecule has 2 aromatic carbocycles. The zero-order chi connectivity index (χ0) is 16.8. The molecule has 7 heteroatoms. The summed E-state index contributed by atoms with van der Waals surface area (Å²) in [5.41, 5.74) is 0.667. The molecule has 0 saturated heterocycles. The molecule has 124 valence electrons. The van der Waals surface area contributed by atoms with Crippen LogP contribution < -0.4 is 9.47 Å². The van der Waals surface area contributed by atoms with E-state index in [1.807, 2.05) is 12.1 Å². The van der Waals surface area contributed by atoms with Gasteiger partial charge in [0, 0.05) is 5.02 Å². The van der Waals surface area contributed by atoms with E-state index in [0.717, 1.165) is 0 Å². The van der Waals surface area contributed by atoms with E-state index in [9.17, 15) is 5.11 Å². The van der Waals surface area contributed by atoms with Crippen molar-refractivity contribution in [1.29, 1.82) is 0 Å². The molecule has 1 atom stereocenters. The molecule has 1 aromatic heterocycles. The van der Waals surface area contributed by atoms with Crippen LogP contribution in [-0.2, 0) is 0 Å². The smallest absolute Gasteiger partial charge is 0.251 e. The van der Waals surface area contributed by atoms with Crippen LogP contribution in [0.1, 0.15) is 0 Å². The molecule has 1 N–H and O–H groups in total. The lowest BCUT2D eigenvalue weighted by Crippen LogP contribution is -2.25. The van der Waals surface area contributed by atoms with Crippen LogP contribution in [0, 0.1) is 0 Å². The van der Waals surface area contributed by atoms with Gasteiger partial charge in [0.25, 0.3) is 5.89 Å². The number of aliphatic hydroxyl groups is 1. The summed E-state index contributed by atoms with van der Waals surface area (Å²) in [6.45, 7) is 0.170. The second kappa shape index (κ2) is 7.81. The predicted molar refractivity (Wildman–Crippen MR) is 88.2 cm³/mol. The standard InChI is InChI=1S/C17H15ClN2O4/c18-12-5-7-14(8-6-12)22-9-13(21)10-23-16-4-2-1-3-15(16)17-20-19-11-24-17/h1-8,11,13,21H,9-10H2. The van der Waals surface area contributed by atoms with E-state index in [4.69, 9.17) is 25.5 Å². The summed E-state index contributed by atoms with van der Waals surface area (Å²) in [6.07, 6.45) is 0.456. The van der Waals surface area contributed by atoms with Crippen molar-refractivity contribution in [3.05, 3.63) is 59.9 Å². The number of para-hydroxylation sites is 1. The van der Waals surface area contributed by atoms with Gasteiger partial charge < -0.3 is 19.0 Å². The molecule has 0 spiro atoms. The Kier molecular flexibility index (Phi) is 5.30. The molecule has 3 rings (SSSR count). The van der Waals surface area contributed by atoms with Crippen molar-refractivity contribution in [3.8, 4) is 23.0 Å². The molecule has 0 aliphatic heterocycles. The summed E-state index contributed by atoms with van der Waals surface area (Å²) in [5.74, 6) is 1.54. The van der Waals surface area contributed by atoms with Gasteiger partial charge in [-0.15, -0.1) is 10.2 Å². The van der Waals surface area contributed by atoms with E-state index in [0.29, 0.717) is 28.0 Å². The molecule has 0 aliphatic carbocycles. The molecule has 0 saturated carbocycles. The van der Waals surface area contributed by atoms with Gasteiger partial charge in [-0.2, -0.15) is 0 Å². The molecule has 0 fully saturated rings. The molecular weight excluding hydrogens is 332 g/mol. The highest BCUT2D eigenvalue weighted by Crippen LogP contribution is 2.28. The third-order valence-corrected chi connectivity index (χ3v) is 3.42. The first-order valence-electron chi connectivity index (χ1n) is 7.27. The number of aliphatic hydroxyl groups excluding tert-OH is 1. The minimum absolute atomic E-state index is 0.0682. The Morgan fingerprint density at radius 1 is 1.04 bits per heavy atom. The van der Waals surface area contributed by atoms with Gasteiger partial charge in [0.1, 0.15) is 30.8 Å². The number of ether oxygens (including phenoxy) is 2. The first-order valence-corrected chi connectivity index (χ1v) is 7.65. The lowest BCUT2D eigenvalue weighted by Gasteiger charge is -2.14. The maximum absolute atomic E-state index is 10.0. The van der Waals surface area contributed by atoms with E-state index in [2.05, 4.69) is 10.2 Å². The van der Waals surface area contributed by atoms with Gasteiger partial charge in [0.05, 0.1) is 5.56 Å². The number of aromatic nitrogens is 2. The Morgan fingerprint density at radius 3 is 2.54 bits per heavy atom. The number of hydrogen-bond donors (Lipinski definition) is 1. The molecule has 1 heterocycles. The molecule has 6 nitrogen and oxygen atoms in total. The Hall–Kier alpha value is -2.57. The molecule has 24 heavy (non-hydrogen) atoms. The molecule has 0 amide bonds. The van der Waals surface area contributed by atoms with Crippen LogP contribution in [0.5, 0.6) is 11.5 Å². The van der Waals surface area contributed by atoms with Crippen molar-refractivity contribution in [2.75, 3.05) is 13.2 Å². The Morgan fingerprint density at radius 2 is 1.79 bits per heavy atom. The van der Waals surface area contributed by atoms with E-state index >= 15 is 0 Å². The lowest BCUT2D eigenvalue weighted by atomic mass is 10.2. The highest BCUT2D eigenvalue weighted by molar-refractivity contribution is 6.30. The van der Waals surface area contributed by atoms with E-state index < -0.39 is 6.10 Å². The van der Waals surface area contributed by atoms with Crippen molar-refractivity contribution in [3.63, 3.8) is 0 Å². The van der Waals surface area contributed by atoms with Crippen LogP contribution in [0.25, 0.3) is 11.5 Å². The normalized spacial score (nSPS) is 11.9. The van der Waals surface area contributed by atoms with Crippen molar-refractivity contribution in [1.82, 2.24) is 10.2 Å². The van der Waals surface area contributed by atoms with Gasteiger partial charge in [-0.3, -0.25) is 0 Å². The number of halogens is 1. The zero-order valence-electron chi connectivity index (χ0n) is 12.6. The van der Waals surface area contributed by atoms with Gasteiger partial charge in [-0.05, 0) is 36.4 Å². The fourth-order valence-corrected chi connectivity index (χ4v) is 2.14. The second-order valence-electron chi connectivity index (χ2n) is 4.97. The van der Waals surface area contributed by atoms with E-state index in [1.54, 1.807) is 36.4 Å². The van der Waals surface area contributed by atoms with Crippen molar-refractivity contribution >= 4 is 11.6 Å². The first kappa shape index (κ1) is 16.3. The number of benzene rings is 2. The van der Waals surface area contributed by atoms with Crippen LogP contribution in [-0.4, -0.2) is 34.6 Å². The summed E-state index contributed by atoms with van der Waals surface area (Å²) in [6, 6.07) is 14.2. The zero-order valence-corrected chi connectivity index (χ0v) is 13.4. The average molecular weight is 347 g/mol. The first-order chi connectivity index (χ1) is 11.7. The molecular formula is C17H15ClN2O4. The molecule has 0 aliphatic rings. The van der Waals surface area contributed by atoms with Gasteiger partial charge in [0.2, 0.25) is 6.39 Å². The Bertz CT molecular complexity index is 763. The van der Waals surface area contributed by atoms with Crippen molar-refractivity contribution < 1.29 is 19.0 Å². The molecule has 1 unspecified atom stereocenters. The summed E-state index contributed by atoms with van der Waals surface area (Å²) >= 11 is 5.81. The molecule has 0 radical (unpaired) electrons. The van der Waals surface area contributed by atoms with E-state index in [-0.39, 0.29) is 13.2 Å². The van der Waals surface area contributed by atoms with Crippen LogP contribution >= 0.6 is 11.6 Å². The summed E-state index contributed by atoms with van der Waals surface area (Å²) < 4.78 is 16.3. The monoisotopic (exact) mass is 346 g/mol. The topological polar surface area (TPSA) is 77.6 Å². The largest absolute Gasteiger partial charge is 0.491 e. The molecule has 3 aromatic rings. The van der Waals surface area contributed by atoms with Gasteiger partial charge in [-0.25, -0.2) is 0 Å². The average Bonchev–Trinajstić information content (AvgIpc) is 3.14. The summed E-state index contributed by atoms with van der Waals surface area (Å²) in [5, 5.41) is 18.2. The third-order valence-electron chi connectivity index (χ3n) is 3.16. The Labute approximate surface area is 143 Å². The SMILES string of the molecule is OC(COc1ccc(Cl)cc1)COc1ccccc1-c1nnco1. The third kappa shape index (κ3) is 4.24. The number of nitrogens with zero attached hydrogens (tertiary/aromatic N) is 2. The summed E-state index contributed by atoms with van der Waals surface area (Å²) in [4.78, 5) is 0. The van der Waals surface area contributed by atoms with Crippen molar-refractivity contribution in [2.24, 2.45) is 0 Å². The fourth-order valence-electron chi connectivity index (χ4n) is 2.02.